The summed E-state index contributed by atoms with van der Waals surface area (Å²) in [5, 5.41) is 8.48. The Balaban J connectivity index is 1.59. The molecule has 1 aromatic heterocycles. The van der Waals surface area contributed by atoms with Crippen LogP contribution in [0, 0.1) is 0 Å². The van der Waals surface area contributed by atoms with Crippen molar-refractivity contribution in [2.75, 3.05) is 26.7 Å². The molecule has 136 valence electrons. The van der Waals surface area contributed by atoms with Gasteiger partial charge in [-0.2, -0.15) is 5.10 Å². The summed E-state index contributed by atoms with van der Waals surface area (Å²) in [6.45, 7) is 2.47. The van der Waals surface area contributed by atoms with Gasteiger partial charge in [-0.1, -0.05) is 18.2 Å². The molecule has 5 nitrogen and oxygen atoms in total. The van der Waals surface area contributed by atoms with Gasteiger partial charge in [0.1, 0.15) is 5.75 Å². The third kappa shape index (κ3) is 3.52. The number of hydrazone groups is 1. The Morgan fingerprint density at radius 2 is 2.00 bits per heavy atom. The number of carbonyl (C=O) groups excluding carboxylic acids is 1. The zero-order chi connectivity index (χ0) is 17.9. The Morgan fingerprint density at radius 3 is 2.65 bits per heavy atom. The number of carbonyl (C=O) groups is 1. The highest BCUT2D eigenvalue weighted by molar-refractivity contribution is 7.12. The maximum Gasteiger partial charge on any atom is 0.257 e. The zero-order valence-electron chi connectivity index (χ0n) is 14.9. The van der Waals surface area contributed by atoms with E-state index >= 15 is 0 Å². The van der Waals surface area contributed by atoms with Crippen molar-refractivity contribution in [1.29, 1.82) is 0 Å². The molecule has 26 heavy (non-hydrogen) atoms. The lowest BCUT2D eigenvalue weighted by molar-refractivity contribution is -0.134. The molecule has 1 aromatic carbocycles. The van der Waals surface area contributed by atoms with Crippen LogP contribution in [0.4, 0.5) is 0 Å². The van der Waals surface area contributed by atoms with Crippen LogP contribution in [-0.4, -0.2) is 48.3 Å². The van der Waals surface area contributed by atoms with Gasteiger partial charge in [0.2, 0.25) is 0 Å². The summed E-state index contributed by atoms with van der Waals surface area (Å²) < 4.78 is 5.26. The summed E-state index contributed by atoms with van der Waals surface area (Å²) in [5.41, 5.74) is 2.09. The molecule has 3 heterocycles. The monoisotopic (exact) mass is 369 g/mol. The first-order valence-electron chi connectivity index (χ1n) is 9.04. The molecule has 0 N–H and O–H groups in total. The van der Waals surface area contributed by atoms with E-state index in [4.69, 9.17) is 9.84 Å². The lowest BCUT2D eigenvalue weighted by Gasteiger charge is -2.24. The van der Waals surface area contributed by atoms with Crippen molar-refractivity contribution >= 4 is 23.0 Å². The quantitative estimate of drug-likeness (QED) is 0.810. The first-order chi connectivity index (χ1) is 12.7. The van der Waals surface area contributed by atoms with Crippen LogP contribution in [0.2, 0.25) is 0 Å². The molecular weight excluding hydrogens is 346 g/mol. The van der Waals surface area contributed by atoms with Gasteiger partial charge in [-0.25, -0.2) is 5.01 Å². The van der Waals surface area contributed by atoms with Crippen LogP contribution in [0.3, 0.4) is 0 Å². The van der Waals surface area contributed by atoms with E-state index in [-0.39, 0.29) is 11.9 Å². The fraction of sp³-hybridized carbons (Fsp3) is 0.400. The van der Waals surface area contributed by atoms with Gasteiger partial charge in [0.25, 0.3) is 5.91 Å². The standard InChI is InChI=1S/C20H23N3O2S/c1-25-16-8-6-15(7-9-16)18-13-17(19-5-4-12-26-19)21-23(18)20(24)14-22-10-2-3-11-22/h4-9,12,18H,2-3,10-11,13-14H2,1H3/t18-/m1/s1. The molecule has 4 rings (SSSR count). The molecule has 1 saturated heterocycles. The second-order valence-corrected chi connectivity index (χ2v) is 7.69. The van der Waals surface area contributed by atoms with Crippen molar-refractivity contribution in [2.45, 2.75) is 25.3 Å². The van der Waals surface area contributed by atoms with Gasteiger partial charge in [0.15, 0.2) is 0 Å². The number of hydrogen-bond acceptors (Lipinski definition) is 5. The van der Waals surface area contributed by atoms with Gasteiger partial charge in [-0.05, 0) is 55.1 Å². The molecule has 1 amide bonds. The van der Waals surface area contributed by atoms with E-state index in [1.807, 2.05) is 30.3 Å². The summed E-state index contributed by atoms with van der Waals surface area (Å²) in [6, 6.07) is 12.0. The molecule has 0 aliphatic carbocycles. The van der Waals surface area contributed by atoms with Crippen LogP contribution in [0.15, 0.2) is 46.9 Å². The Labute approximate surface area is 157 Å². The highest BCUT2D eigenvalue weighted by atomic mass is 32.1. The molecule has 2 aromatic rings. The first kappa shape index (κ1) is 17.2. The minimum absolute atomic E-state index is 0.0480. The average molecular weight is 369 g/mol. The summed E-state index contributed by atoms with van der Waals surface area (Å²) in [4.78, 5) is 16.3. The summed E-state index contributed by atoms with van der Waals surface area (Å²) in [5.74, 6) is 0.903. The molecule has 6 heteroatoms. The fourth-order valence-corrected chi connectivity index (χ4v) is 4.34. The molecule has 0 bridgehead atoms. The molecule has 0 unspecified atom stereocenters. The van der Waals surface area contributed by atoms with E-state index in [1.165, 1.54) is 12.8 Å². The maximum atomic E-state index is 13.0. The number of ether oxygens (including phenoxy) is 1. The third-order valence-corrected chi connectivity index (χ3v) is 5.95. The molecule has 0 saturated carbocycles. The van der Waals surface area contributed by atoms with Crippen molar-refractivity contribution in [3.8, 4) is 5.75 Å². The van der Waals surface area contributed by atoms with E-state index in [0.717, 1.165) is 41.4 Å². The van der Waals surface area contributed by atoms with E-state index in [2.05, 4.69) is 16.3 Å². The number of amides is 1. The molecule has 1 fully saturated rings. The molecular formula is C20H23N3O2S. The number of methoxy groups -OCH3 is 1. The first-order valence-corrected chi connectivity index (χ1v) is 9.92. The van der Waals surface area contributed by atoms with Crippen LogP contribution in [0.1, 0.15) is 35.7 Å². The Kier molecular flexibility index (Phi) is 5.04. The van der Waals surface area contributed by atoms with Crippen molar-refractivity contribution in [3.63, 3.8) is 0 Å². The number of nitrogens with zero attached hydrogens (tertiary/aromatic N) is 3. The topological polar surface area (TPSA) is 45.1 Å². The SMILES string of the molecule is COc1ccc([C@H]2CC(c3cccs3)=NN2C(=O)CN2CCCC2)cc1. The average Bonchev–Trinajstić information content (AvgIpc) is 3.42. The van der Waals surface area contributed by atoms with Gasteiger partial charge >= 0.3 is 0 Å². The number of thiophene rings is 1. The lowest BCUT2D eigenvalue weighted by Crippen LogP contribution is -2.36. The van der Waals surface area contributed by atoms with Crippen LogP contribution in [0.25, 0.3) is 0 Å². The second-order valence-electron chi connectivity index (χ2n) is 6.74. The van der Waals surface area contributed by atoms with Crippen LogP contribution in [-0.2, 0) is 4.79 Å². The molecule has 2 aliphatic heterocycles. The van der Waals surface area contributed by atoms with E-state index in [0.29, 0.717) is 6.54 Å². The second kappa shape index (κ2) is 7.60. The highest BCUT2D eigenvalue weighted by Gasteiger charge is 2.34. The number of benzene rings is 1. The number of hydrogen-bond donors (Lipinski definition) is 0. The van der Waals surface area contributed by atoms with Crippen LogP contribution in [0.5, 0.6) is 5.75 Å². The Morgan fingerprint density at radius 1 is 1.23 bits per heavy atom. The predicted octanol–water partition coefficient (Wildman–Crippen LogP) is 3.53. The minimum atomic E-state index is -0.0480. The van der Waals surface area contributed by atoms with Crippen LogP contribution < -0.4 is 4.74 Å². The third-order valence-electron chi connectivity index (χ3n) is 5.03. The van der Waals surface area contributed by atoms with Crippen molar-refractivity contribution in [2.24, 2.45) is 5.10 Å². The predicted molar refractivity (Wildman–Crippen MR) is 104 cm³/mol. The van der Waals surface area contributed by atoms with Crippen molar-refractivity contribution in [3.05, 3.63) is 52.2 Å². The fourth-order valence-electron chi connectivity index (χ4n) is 3.62. The van der Waals surface area contributed by atoms with E-state index in [9.17, 15) is 4.79 Å². The maximum absolute atomic E-state index is 13.0. The van der Waals surface area contributed by atoms with Gasteiger partial charge in [0.05, 0.1) is 30.3 Å². The molecule has 1 atom stereocenters. The van der Waals surface area contributed by atoms with Gasteiger partial charge in [-0.3, -0.25) is 9.69 Å². The molecule has 2 aliphatic rings. The summed E-state index contributed by atoms with van der Waals surface area (Å²) in [6.07, 6.45) is 3.11. The van der Waals surface area contributed by atoms with Crippen molar-refractivity contribution in [1.82, 2.24) is 9.91 Å². The largest absolute Gasteiger partial charge is 0.497 e. The zero-order valence-corrected chi connectivity index (χ0v) is 15.7. The number of rotatable bonds is 5. The summed E-state index contributed by atoms with van der Waals surface area (Å²) in [7, 11) is 1.66. The van der Waals surface area contributed by atoms with E-state index in [1.54, 1.807) is 23.5 Å². The molecule has 0 spiro atoms. The number of likely N-dealkylation sites (tertiary alicyclic amines) is 1. The molecule has 0 radical (unpaired) electrons. The Hall–Kier alpha value is -2.18. The Bertz CT molecular complexity index is 780. The highest BCUT2D eigenvalue weighted by Crippen LogP contribution is 2.34. The smallest absolute Gasteiger partial charge is 0.257 e. The lowest BCUT2D eigenvalue weighted by atomic mass is 10.0. The van der Waals surface area contributed by atoms with Crippen LogP contribution >= 0.6 is 11.3 Å². The van der Waals surface area contributed by atoms with E-state index < -0.39 is 0 Å². The normalized spacial score (nSPS) is 20.4. The van der Waals surface area contributed by atoms with Gasteiger partial charge < -0.3 is 4.74 Å². The summed E-state index contributed by atoms with van der Waals surface area (Å²) >= 11 is 1.67. The van der Waals surface area contributed by atoms with Crippen molar-refractivity contribution < 1.29 is 9.53 Å². The van der Waals surface area contributed by atoms with Gasteiger partial charge in [-0.15, -0.1) is 11.3 Å². The minimum Gasteiger partial charge on any atom is -0.497 e. The van der Waals surface area contributed by atoms with Gasteiger partial charge in [0, 0.05) is 6.42 Å².